The number of carbonyl (C=O) groups excluding carboxylic acids is 4. The fraction of sp³-hybridized carbons (Fsp3) is 0.621. The number of likely N-dealkylation sites (tertiary alicyclic amines) is 1. The van der Waals surface area contributed by atoms with Crippen LogP contribution in [0.4, 0.5) is 0 Å². The minimum atomic E-state index is -1.13. The summed E-state index contributed by atoms with van der Waals surface area (Å²) in [6.07, 6.45) is 5.82. The fourth-order valence-electron chi connectivity index (χ4n) is 5.05. The van der Waals surface area contributed by atoms with Crippen molar-refractivity contribution in [3.05, 3.63) is 23.4 Å². The molecule has 13 nitrogen and oxygen atoms in total. The molecule has 1 aromatic heterocycles. The fourth-order valence-corrected chi connectivity index (χ4v) is 5.16. The van der Waals surface area contributed by atoms with Crippen LogP contribution >= 0.6 is 11.6 Å². The number of amides is 3. The molecular formula is C29H41ClN8O5. The van der Waals surface area contributed by atoms with Crippen molar-refractivity contribution in [2.24, 2.45) is 22.1 Å². The SMILES string of the molecule is CC(C)NC(=N[C@H](C(=O)N1C[C@H](Oc2ccc(Cl)cn2)C[C@H]1C(=O)NC(CC1CCC1)C(=O)C(N)=O)C(C)(C)C)NC#N. The van der Waals surface area contributed by atoms with E-state index >= 15 is 0 Å². The van der Waals surface area contributed by atoms with Crippen LogP contribution in [0.15, 0.2) is 23.3 Å². The van der Waals surface area contributed by atoms with Crippen molar-refractivity contribution in [2.75, 3.05) is 6.54 Å². The minimum absolute atomic E-state index is 0.0268. The van der Waals surface area contributed by atoms with Gasteiger partial charge in [-0.2, -0.15) is 5.26 Å². The highest BCUT2D eigenvalue weighted by Gasteiger charge is 2.46. The molecule has 1 aliphatic carbocycles. The van der Waals surface area contributed by atoms with Crippen LogP contribution in [0.1, 0.15) is 66.7 Å². The summed E-state index contributed by atoms with van der Waals surface area (Å²) in [5.41, 5.74) is 4.58. The van der Waals surface area contributed by atoms with Crippen LogP contribution in [-0.2, 0) is 19.2 Å². The summed E-state index contributed by atoms with van der Waals surface area (Å²) in [6, 6.07) is -0.0246. The lowest BCUT2D eigenvalue weighted by Gasteiger charge is -2.34. The molecule has 4 atom stereocenters. The average Bonchev–Trinajstić information content (AvgIpc) is 3.32. The van der Waals surface area contributed by atoms with Gasteiger partial charge in [-0.3, -0.25) is 24.5 Å². The standard InChI is InChI=1S/C29H41ClN8O5/c1-16(2)35-28(34-15-31)37-24(29(3,4)5)27(42)38-14-19(43-22-10-9-18(30)13-33-22)12-21(38)26(41)36-20(23(39)25(32)40)11-17-7-6-8-17/h9-10,13,16-17,19-21,24H,6-8,11-12,14H2,1-5H3,(H2,32,40)(H,36,41)(H2,34,35,37)/t19-,20?,21+,24-/m1/s1. The highest BCUT2D eigenvalue weighted by atomic mass is 35.5. The zero-order chi connectivity index (χ0) is 31.9. The van der Waals surface area contributed by atoms with Crippen LogP contribution in [0.2, 0.25) is 5.02 Å². The van der Waals surface area contributed by atoms with Crippen molar-refractivity contribution < 1.29 is 23.9 Å². The number of aromatic nitrogens is 1. The topological polar surface area (TPSA) is 192 Å². The molecule has 1 unspecified atom stereocenters. The molecule has 1 saturated heterocycles. The minimum Gasteiger partial charge on any atom is -0.472 e. The van der Waals surface area contributed by atoms with Gasteiger partial charge < -0.3 is 26.0 Å². The molecule has 5 N–H and O–H groups in total. The molecule has 2 fully saturated rings. The van der Waals surface area contributed by atoms with Gasteiger partial charge >= 0.3 is 0 Å². The molecule has 1 saturated carbocycles. The number of nitrogens with one attached hydrogen (secondary N) is 3. The molecule has 14 heteroatoms. The summed E-state index contributed by atoms with van der Waals surface area (Å²) < 4.78 is 6.02. The number of nitriles is 1. The molecule has 1 aliphatic heterocycles. The van der Waals surface area contributed by atoms with Crippen LogP contribution in [-0.4, -0.2) is 76.2 Å². The van der Waals surface area contributed by atoms with Gasteiger partial charge in [0.1, 0.15) is 18.2 Å². The van der Waals surface area contributed by atoms with Crippen LogP contribution in [0.3, 0.4) is 0 Å². The van der Waals surface area contributed by atoms with E-state index in [0.29, 0.717) is 11.4 Å². The highest BCUT2D eigenvalue weighted by Crippen LogP contribution is 2.32. The van der Waals surface area contributed by atoms with E-state index < -0.39 is 53.1 Å². The number of hydrogen-bond acceptors (Lipinski definition) is 8. The molecule has 0 aromatic carbocycles. The molecular weight excluding hydrogens is 576 g/mol. The second-order valence-corrected chi connectivity index (χ2v) is 12.8. The van der Waals surface area contributed by atoms with Crippen molar-refractivity contribution in [3.63, 3.8) is 0 Å². The van der Waals surface area contributed by atoms with Crippen molar-refractivity contribution in [2.45, 2.75) is 97.0 Å². The number of hydrogen-bond donors (Lipinski definition) is 4. The molecule has 2 aliphatic rings. The quantitative estimate of drug-likeness (QED) is 0.0940. The highest BCUT2D eigenvalue weighted by molar-refractivity contribution is 6.37. The maximum absolute atomic E-state index is 14.2. The first-order valence-corrected chi connectivity index (χ1v) is 14.8. The first kappa shape index (κ1) is 33.6. The van der Waals surface area contributed by atoms with Gasteiger partial charge in [-0.15, -0.1) is 0 Å². The Morgan fingerprint density at radius 1 is 1.23 bits per heavy atom. The van der Waals surface area contributed by atoms with Gasteiger partial charge in [0.2, 0.25) is 29.4 Å². The van der Waals surface area contributed by atoms with Crippen LogP contribution in [0, 0.1) is 22.8 Å². The number of ether oxygens (including phenoxy) is 1. The van der Waals surface area contributed by atoms with E-state index in [0.717, 1.165) is 19.3 Å². The molecule has 0 radical (unpaired) electrons. The normalized spacial score (nSPS) is 20.4. The van der Waals surface area contributed by atoms with Crippen LogP contribution in [0.5, 0.6) is 5.88 Å². The number of nitrogens with two attached hydrogens (primary N) is 1. The van der Waals surface area contributed by atoms with Crippen molar-refractivity contribution >= 4 is 41.1 Å². The number of primary amides is 1. The largest absolute Gasteiger partial charge is 0.472 e. The van der Waals surface area contributed by atoms with E-state index in [9.17, 15) is 24.4 Å². The second-order valence-electron chi connectivity index (χ2n) is 12.4. The third-order valence-electron chi connectivity index (χ3n) is 7.42. The summed E-state index contributed by atoms with van der Waals surface area (Å²) in [7, 11) is 0. The Balaban J connectivity index is 1.94. The van der Waals surface area contributed by atoms with Crippen molar-refractivity contribution in [1.82, 2.24) is 25.8 Å². The van der Waals surface area contributed by atoms with Gasteiger partial charge in [0.15, 0.2) is 6.19 Å². The summed E-state index contributed by atoms with van der Waals surface area (Å²) in [6.45, 7) is 9.24. The van der Waals surface area contributed by atoms with Gasteiger partial charge in [0.25, 0.3) is 5.91 Å². The van der Waals surface area contributed by atoms with Gasteiger partial charge in [-0.05, 0) is 37.7 Å². The average molecular weight is 617 g/mol. The number of pyridine rings is 1. The maximum Gasteiger partial charge on any atom is 0.287 e. The molecule has 0 bridgehead atoms. The Morgan fingerprint density at radius 3 is 2.44 bits per heavy atom. The monoisotopic (exact) mass is 616 g/mol. The van der Waals surface area contributed by atoms with E-state index in [2.05, 4.69) is 25.9 Å². The molecule has 2 heterocycles. The number of rotatable bonds is 11. The van der Waals surface area contributed by atoms with Gasteiger partial charge in [-0.25, -0.2) is 9.98 Å². The zero-order valence-electron chi connectivity index (χ0n) is 25.2. The smallest absolute Gasteiger partial charge is 0.287 e. The molecule has 0 spiro atoms. The van der Waals surface area contributed by atoms with Crippen LogP contribution < -0.4 is 26.4 Å². The zero-order valence-corrected chi connectivity index (χ0v) is 26.0. The Labute approximate surface area is 256 Å². The first-order valence-electron chi connectivity index (χ1n) is 14.4. The maximum atomic E-state index is 14.2. The number of aliphatic imine (C=N–C) groups is 1. The second kappa shape index (κ2) is 14.5. The Hall–Kier alpha value is -3.92. The van der Waals surface area contributed by atoms with Gasteiger partial charge in [0, 0.05) is 24.7 Å². The van der Waals surface area contributed by atoms with Crippen molar-refractivity contribution in [3.8, 4) is 12.1 Å². The number of carbonyl (C=O) groups is 4. The van der Waals surface area contributed by atoms with E-state index in [1.54, 1.807) is 12.1 Å². The molecule has 3 rings (SSSR count). The number of nitrogens with zero attached hydrogens (tertiary/aromatic N) is 4. The summed E-state index contributed by atoms with van der Waals surface area (Å²) in [5, 5.41) is 17.9. The summed E-state index contributed by atoms with van der Waals surface area (Å²) >= 11 is 5.95. The third-order valence-corrected chi connectivity index (χ3v) is 7.64. The Morgan fingerprint density at radius 2 is 1.93 bits per heavy atom. The number of halogens is 1. The molecule has 234 valence electrons. The van der Waals surface area contributed by atoms with Crippen molar-refractivity contribution in [1.29, 1.82) is 5.26 Å². The van der Waals surface area contributed by atoms with Gasteiger partial charge in [-0.1, -0.05) is 51.6 Å². The Bertz CT molecular complexity index is 1250. The third kappa shape index (κ3) is 9.28. The van der Waals surface area contributed by atoms with E-state index in [1.165, 1.54) is 11.1 Å². The lowest BCUT2D eigenvalue weighted by Crippen LogP contribution is -2.55. The van der Waals surface area contributed by atoms with E-state index in [4.69, 9.17) is 22.1 Å². The number of ketones is 1. The van der Waals surface area contributed by atoms with Crippen LogP contribution in [0.25, 0.3) is 0 Å². The number of Topliss-reactive ketones (excluding diaryl/α,β-unsaturated/α-hetero) is 1. The molecule has 3 amide bonds. The predicted octanol–water partition coefficient (Wildman–Crippen LogP) is 1.65. The predicted molar refractivity (Wildman–Crippen MR) is 160 cm³/mol. The van der Waals surface area contributed by atoms with Gasteiger partial charge in [0.05, 0.1) is 17.6 Å². The summed E-state index contributed by atoms with van der Waals surface area (Å²) in [4.78, 5) is 62.5. The number of guanidine groups is 1. The summed E-state index contributed by atoms with van der Waals surface area (Å²) in [5.74, 6) is -2.49. The van der Waals surface area contributed by atoms with E-state index in [-0.39, 0.29) is 36.8 Å². The lowest BCUT2D eigenvalue weighted by atomic mass is 9.80. The first-order chi connectivity index (χ1) is 20.2. The molecule has 1 aromatic rings. The Kier molecular flexibility index (Phi) is 11.3. The molecule has 43 heavy (non-hydrogen) atoms. The lowest BCUT2D eigenvalue weighted by molar-refractivity contribution is -0.143. The van der Waals surface area contributed by atoms with E-state index in [1.807, 2.05) is 40.8 Å².